The molecule has 0 unspecified atom stereocenters. The zero-order chi connectivity index (χ0) is 9.68. The number of anilines is 1. The highest BCUT2D eigenvalue weighted by Crippen LogP contribution is 2.24. The van der Waals surface area contributed by atoms with E-state index >= 15 is 0 Å². The van der Waals surface area contributed by atoms with E-state index in [9.17, 15) is 4.79 Å². The van der Waals surface area contributed by atoms with E-state index in [4.69, 9.17) is 0 Å². The Morgan fingerprint density at radius 2 is 2.38 bits per heavy atom. The summed E-state index contributed by atoms with van der Waals surface area (Å²) in [5.41, 5.74) is 0. The lowest BCUT2D eigenvalue weighted by atomic mass is 10.9. The standard InChI is InChI=1S/C6H10N4OS2/c1-3-12-6-10-9-5(13-6)8-4(11)7-2/h3H2,1-2H3,(H2,7,8,9,11). The smallest absolute Gasteiger partial charge is 0.320 e. The summed E-state index contributed by atoms with van der Waals surface area (Å²) < 4.78 is 0.869. The van der Waals surface area contributed by atoms with Crippen molar-refractivity contribution in [2.75, 3.05) is 18.1 Å². The quantitative estimate of drug-likeness (QED) is 0.594. The molecule has 0 aliphatic carbocycles. The molecule has 1 aromatic rings. The van der Waals surface area contributed by atoms with Crippen molar-refractivity contribution in [2.45, 2.75) is 11.3 Å². The monoisotopic (exact) mass is 218 g/mol. The van der Waals surface area contributed by atoms with Crippen molar-refractivity contribution in [1.82, 2.24) is 15.5 Å². The van der Waals surface area contributed by atoms with E-state index in [1.807, 2.05) is 6.92 Å². The van der Waals surface area contributed by atoms with E-state index in [1.54, 1.807) is 18.8 Å². The first-order valence-corrected chi connectivity index (χ1v) is 5.51. The topological polar surface area (TPSA) is 66.9 Å². The molecule has 1 aromatic heterocycles. The van der Waals surface area contributed by atoms with Crippen LogP contribution in [0.25, 0.3) is 0 Å². The zero-order valence-corrected chi connectivity index (χ0v) is 8.96. The summed E-state index contributed by atoms with van der Waals surface area (Å²) in [6.07, 6.45) is 0. The fraction of sp³-hybridized carbons (Fsp3) is 0.500. The second kappa shape index (κ2) is 5.03. The molecule has 1 rings (SSSR count). The summed E-state index contributed by atoms with van der Waals surface area (Å²) in [6, 6.07) is -0.274. The highest BCUT2D eigenvalue weighted by molar-refractivity contribution is 8.01. The van der Waals surface area contributed by atoms with Gasteiger partial charge < -0.3 is 5.32 Å². The Hall–Kier alpha value is -0.820. The van der Waals surface area contributed by atoms with Gasteiger partial charge in [0.1, 0.15) is 0 Å². The van der Waals surface area contributed by atoms with Crippen LogP contribution in [0.2, 0.25) is 0 Å². The Balaban J connectivity index is 2.53. The van der Waals surface area contributed by atoms with E-state index in [-0.39, 0.29) is 6.03 Å². The van der Waals surface area contributed by atoms with Crippen LogP contribution in [0.15, 0.2) is 4.34 Å². The third-order valence-electron chi connectivity index (χ3n) is 1.12. The normalized spacial score (nSPS) is 9.69. The number of carbonyl (C=O) groups is 1. The summed E-state index contributed by atoms with van der Waals surface area (Å²) >= 11 is 2.97. The number of thioether (sulfide) groups is 1. The van der Waals surface area contributed by atoms with E-state index < -0.39 is 0 Å². The first-order chi connectivity index (χ1) is 6.26. The van der Waals surface area contributed by atoms with Crippen molar-refractivity contribution < 1.29 is 4.79 Å². The SMILES string of the molecule is CCSc1nnc(NC(=O)NC)s1. The molecule has 7 heteroatoms. The molecule has 0 saturated heterocycles. The minimum absolute atomic E-state index is 0.274. The third kappa shape index (κ3) is 3.19. The van der Waals surface area contributed by atoms with E-state index in [1.165, 1.54) is 11.3 Å². The van der Waals surface area contributed by atoms with Crippen molar-refractivity contribution >= 4 is 34.3 Å². The van der Waals surface area contributed by atoms with Gasteiger partial charge in [-0.05, 0) is 5.75 Å². The minimum Gasteiger partial charge on any atom is -0.341 e. The second-order valence-electron chi connectivity index (χ2n) is 2.01. The van der Waals surface area contributed by atoms with Crippen LogP contribution in [0.3, 0.4) is 0 Å². The van der Waals surface area contributed by atoms with Gasteiger partial charge in [0.25, 0.3) is 0 Å². The Morgan fingerprint density at radius 1 is 1.62 bits per heavy atom. The molecule has 72 valence electrons. The predicted octanol–water partition coefficient (Wildman–Crippen LogP) is 1.40. The molecule has 0 spiro atoms. The van der Waals surface area contributed by atoms with E-state index in [0.29, 0.717) is 5.13 Å². The van der Waals surface area contributed by atoms with Crippen LogP contribution < -0.4 is 10.6 Å². The lowest BCUT2D eigenvalue weighted by Crippen LogP contribution is -2.24. The van der Waals surface area contributed by atoms with Gasteiger partial charge in [0.15, 0.2) is 4.34 Å². The van der Waals surface area contributed by atoms with E-state index in [0.717, 1.165) is 10.1 Å². The largest absolute Gasteiger partial charge is 0.341 e. The minimum atomic E-state index is -0.274. The molecule has 5 nitrogen and oxygen atoms in total. The van der Waals surface area contributed by atoms with Crippen molar-refractivity contribution in [2.24, 2.45) is 0 Å². The molecular formula is C6H10N4OS2. The average Bonchev–Trinajstić information content (AvgIpc) is 2.53. The van der Waals surface area contributed by atoms with Gasteiger partial charge in [-0.1, -0.05) is 30.0 Å². The van der Waals surface area contributed by atoms with Crippen molar-refractivity contribution in [3.05, 3.63) is 0 Å². The molecule has 0 aromatic carbocycles. The molecule has 0 radical (unpaired) electrons. The summed E-state index contributed by atoms with van der Waals surface area (Å²) in [4.78, 5) is 10.9. The first-order valence-electron chi connectivity index (χ1n) is 3.71. The summed E-state index contributed by atoms with van der Waals surface area (Å²) in [5, 5.41) is 13.2. The summed E-state index contributed by atoms with van der Waals surface area (Å²) in [7, 11) is 1.55. The number of nitrogens with one attached hydrogen (secondary N) is 2. The van der Waals surface area contributed by atoms with Crippen molar-refractivity contribution in [3.8, 4) is 0 Å². The van der Waals surface area contributed by atoms with Crippen LogP contribution in [0.4, 0.5) is 9.93 Å². The molecule has 2 N–H and O–H groups in total. The van der Waals surface area contributed by atoms with Crippen molar-refractivity contribution in [1.29, 1.82) is 0 Å². The molecular weight excluding hydrogens is 208 g/mol. The van der Waals surface area contributed by atoms with Crippen molar-refractivity contribution in [3.63, 3.8) is 0 Å². The lowest BCUT2D eigenvalue weighted by Gasteiger charge is -1.96. The van der Waals surface area contributed by atoms with Gasteiger partial charge in [-0.2, -0.15) is 0 Å². The number of rotatable bonds is 3. The summed E-state index contributed by atoms with van der Waals surface area (Å²) in [5.74, 6) is 0.953. The molecule has 0 bridgehead atoms. The van der Waals surface area contributed by atoms with Gasteiger partial charge in [0, 0.05) is 7.05 Å². The Kier molecular flexibility index (Phi) is 3.97. The number of nitrogens with zero attached hydrogens (tertiary/aromatic N) is 2. The van der Waals surface area contributed by atoms with Gasteiger partial charge in [-0.3, -0.25) is 5.32 Å². The van der Waals surface area contributed by atoms with Crippen LogP contribution in [0, 0.1) is 0 Å². The number of aromatic nitrogens is 2. The number of amides is 2. The molecule has 1 heterocycles. The second-order valence-corrected chi connectivity index (χ2v) is 4.50. The van der Waals surface area contributed by atoms with Crippen LogP contribution in [-0.4, -0.2) is 29.0 Å². The summed E-state index contributed by atoms with van der Waals surface area (Å²) in [6.45, 7) is 2.04. The van der Waals surface area contributed by atoms with Crippen LogP contribution in [0.1, 0.15) is 6.92 Å². The molecule has 2 amide bonds. The molecule has 0 saturated carbocycles. The lowest BCUT2D eigenvalue weighted by molar-refractivity contribution is 0.254. The predicted molar refractivity (Wildman–Crippen MR) is 54.4 cm³/mol. The Morgan fingerprint density at radius 3 is 3.00 bits per heavy atom. The maximum atomic E-state index is 10.9. The average molecular weight is 218 g/mol. The molecule has 0 aliphatic heterocycles. The zero-order valence-electron chi connectivity index (χ0n) is 7.33. The maximum absolute atomic E-state index is 10.9. The number of hydrogen-bond donors (Lipinski definition) is 2. The van der Waals surface area contributed by atoms with Gasteiger partial charge in [0.05, 0.1) is 0 Å². The molecule has 0 fully saturated rings. The highest BCUT2D eigenvalue weighted by Gasteiger charge is 2.05. The maximum Gasteiger partial charge on any atom is 0.320 e. The number of urea groups is 1. The van der Waals surface area contributed by atoms with Crippen LogP contribution in [-0.2, 0) is 0 Å². The van der Waals surface area contributed by atoms with Crippen LogP contribution >= 0.6 is 23.1 Å². The van der Waals surface area contributed by atoms with Gasteiger partial charge in [0.2, 0.25) is 5.13 Å². The number of hydrogen-bond acceptors (Lipinski definition) is 5. The molecule has 0 atom stereocenters. The Labute approximate surface area is 84.3 Å². The number of carbonyl (C=O) groups excluding carboxylic acids is 1. The molecule has 0 aliphatic rings. The fourth-order valence-corrected chi connectivity index (χ4v) is 2.25. The van der Waals surface area contributed by atoms with Gasteiger partial charge >= 0.3 is 6.03 Å². The first kappa shape index (κ1) is 10.3. The van der Waals surface area contributed by atoms with Gasteiger partial charge in [-0.15, -0.1) is 10.2 Å². The Bertz CT molecular complexity index is 288. The third-order valence-corrected chi connectivity index (χ3v) is 2.98. The van der Waals surface area contributed by atoms with E-state index in [2.05, 4.69) is 20.8 Å². The van der Waals surface area contributed by atoms with Gasteiger partial charge in [-0.25, -0.2) is 4.79 Å². The molecule has 13 heavy (non-hydrogen) atoms. The highest BCUT2D eigenvalue weighted by atomic mass is 32.2. The van der Waals surface area contributed by atoms with Crippen LogP contribution in [0.5, 0.6) is 0 Å². The fourth-order valence-electron chi connectivity index (χ4n) is 0.602.